The van der Waals surface area contributed by atoms with E-state index in [0.29, 0.717) is 16.7 Å². The molecule has 0 aliphatic rings. The fraction of sp³-hybridized carbons (Fsp3) is 0.0833. The van der Waals surface area contributed by atoms with Crippen LogP contribution in [0.4, 0.5) is 5.82 Å². The fourth-order valence-electron chi connectivity index (χ4n) is 1.25. The van der Waals surface area contributed by atoms with Gasteiger partial charge in [-0.05, 0) is 18.2 Å². The first-order valence-corrected chi connectivity index (χ1v) is 5.24. The van der Waals surface area contributed by atoms with Gasteiger partial charge < -0.3 is 10.1 Å². The molecule has 0 aliphatic carbocycles. The maximum atomic E-state index is 5.98. The lowest BCUT2D eigenvalue weighted by Gasteiger charge is -2.07. The summed E-state index contributed by atoms with van der Waals surface area (Å²) in [6, 6.07) is 12.8. The van der Waals surface area contributed by atoms with Gasteiger partial charge in [-0.15, -0.1) is 0 Å². The van der Waals surface area contributed by atoms with Gasteiger partial charge in [0.25, 0.3) is 0 Å². The van der Waals surface area contributed by atoms with Crippen LogP contribution >= 0.6 is 11.6 Å². The molecule has 1 aromatic carbocycles. The molecule has 2 aromatic rings. The van der Waals surface area contributed by atoms with Gasteiger partial charge in [0.15, 0.2) is 0 Å². The lowest BCUT2D eigenvalue weighted by Crippen LogP contribution is -1.94. The fourth-order valence-corrected chi connectivity index (χ4v) is 1.43. The van der Waals surface area contributed by atoms with E-state index in [4.69, 9.17) is 16.3 Å². The summed E-state index contributed by atoms with van der Waals surface area (Å²) in [5.74, 6) is 1.87. The van der Waals surface area contributed by atoms with Gasteiger partial charge in [-0.2, -0.15) is 4.98 Å². The van der Waals surface area contributed by atoms with Crippen molar-refractivity contribution in [1.29, 1.82) is 0 Å². The Balaban J connectivity index is 2.24. The number of hydrogen-bond acceptors (Lipinski definition) is 3. The average molecular weight is 235 g/mol. The van der Waals surface area contributed by atoms with E-state index in [1.807, 2.05) is 31.3 Å². The number of rotatable bonds is 3. The summed E-state index contributed by atoms with van der Waals surface area (Å²) in [5.41, 5.74) is 0. The van der Waals surface area contributed by atoms with Gasteiger partial charge in [-0.1, -0.05) is 29.8 Å². The highest BCUT2D eigenvalue weighted by Gasteiger charge is 2.03. The average Bonchev–Trinajstić information content (AvgIpc) is 2.32. The minimum absolute atomic E-state index is 0.514. The Kier molecular flexibility index (Phi) is 3.27. The van der Waals surface area contributed by atoms with E-state index in [2.05, 4.69) is 10.3 Å². The van der Waals surface area contributed by atoms with Crippen molar-refractivity contribution in [2.24, 2.45) is 0 Å². The Bertz CT molecular complexity index is 488. The largest absolute Gasteiger partial charge is 0.437 e. The summed E-state index contributed by atoms with van der Waals surface area (Å²) < 4.78 is 5.57. The van der Waals surface area contributed by atoms with Crippen LogP contribution in [0.3, 0.4) is 0 Å². The number of hydrogen-bond donors (Lipinski definition) is 1. The lowest BCUT2D eigenvalue weighted by molar-refractivity contribution is 0.464. The molecule has 82 valence electrons. The first kappa shape index (κ1) is 10.8. The molecule has 0 atom stereocenters. The highest BCUT2D eigenvalue weighted by atomic mass is 35.5. The molecule has 16 heavy (non-hydrogen) atoms. The van der Waals surface area contributed by atoms with Crippen LogP contribution in [-0.2, 0) is 0 Å². The predicted molar refractivity (Wildman–Crippen MR) is 65.3 cm³/mol. The molecule has 0 saturated carbocycles. The minimum Gasteiger partial charge on any atom is -0.437 e. The molecule has 1 heterocycles. The van der Waals surface area contributed by atoms with Crippen molar-refractivity contribution in [2.45, 2.75) is 0 Å². The van der Waals surface area contributed by atoms with Crippen LogP contribution in [0.5, 0.6) is 11.6 Å². The molecule has 4 heteroatoms. The van der Waals surface area contributed by atoms with E-state index in [0.717, 1.165) is 5.82 Å². The molecule has 0 unspecified atom stereocenters. The molecule has 0 radical (unpaired) electrons. The molecule has 0 aliphatic heterocycles. The van der Waals surface area contributed by atoms with Crippen molar-refractivity contribution in [3.05, 3.63) is 47.5 Å². The lowest BCUT2D eigenvalue weighted by atomic mass is 10.3. The molecular formula is C12H11ClN2O. The van der Waals surface area contributed by atoms with Gasteiger partial charge in [-0.3, -0.25) is 0 Å². The number of aromatic nitrogens is 1. The highest BCUT2D eigenvalue weighted by molar-refractivity contribution is 6.32. The van der Waals surface area contributed by atoms with E-state index in [1.54, 1.807) is 18.2 Å². The molecular weight excluding hydrogens is 224 g/mol. The molecule has 0 spiro atoms. The summed E-state index contributed by atoms with van der Waals surface area (Å²) in [6.07, 6.45) is 0. The van der Waals surface area contributed by atoms with Crippen molar-refractivity contribution < 1.29 is 4.74 Å². The van der Waals surface area contributed by atoms with E-state index < -0.39 is 0 Å². The summed E-state index contributed by atoms with van der Waals surface area (Å²) in [6.45, 7) is 0. The number of halogens is 1. The Morgan fingerprint density at radius 3 is 2.69 bits per heavy atom. The Morgan fingerprint density at radius 2 is 1.94 bits per heavy atom. The maximum Gasteiger partial charge on any atom is 0.221 e. The van der Waals surface area contributed by atoms with Crippen LogP contribution in [0, 0.1) is 0 Å². The van der Waals surface area contributed by atoms with Gasteiger partial charge in [0.2, 0.25) is 5.88 Å². The molecule has 2 rings (SSSR count). The van der Waals surface area contributed by atoms with Gasteiger partial charge >= 0.3 is 0 Å². The second-order valence-electron chi connectivity index (χ2n) is 3.14. The van der Waals surface area contributed by atoms with Crippen LogP contribution in [0.25, 0.3) is 0 Å². The van der Waals surface area contributed by atoms with E-state index >= 15 is 0 Å². The standard InChI is InChI=1S/C12H11ClN2O/c1-14-11-7-4-8-12(15-11)16-10-6-3-2-5-9(10)13/h2-8H,1H3,(H,14,15). The van der Waals surface area contributed by atoms with Crippen molar-refractivity contribution in [3.8, 4) is 11.6 Å². The molecule has 0 bridgehead atoms. The summed E-state index contributed by atoms with van der Waals surface area (Å²) in [7, 11) is 1.81. The SMILES string of the molecule is CNc1cccc(Oc2ccccc2Cl)n1. The van der Waals surface area contributed by atoms with Gasteiger partial charge in [-0.25, -0.2) is 0 Å². The second kappa shape index (κ2) is 4.86. The monoisotopic (exact) mass is 234 g/mol. The number of nitrogens with zero attached hydrogens (tertiary/aromatic N) is 1. The van der Waals surface area contributed by atoms with Crippen molar-refractivity contribution in [1.82, 2.24) is 4.98 Å². The molecule has 1 aromatic heterocycles. The maximum absolute atomic E-state index is 5.98. The molecule has 1 N–H and O–H groups in total. The Morgan fingerprint density at radius 1 is 1.12 bits per heavy atom. The number of benzene rings is 1. The summed E-state index contributed by atoms with van der Waals surface area (Å²) >= 11 is 5.98. The third kappa shape index (κ3) is 2.44. The topological polar surface area (TPSA) is 34.1 Å². The zero-order chi connectivity index (χ0) is 11.4. The van der Waals surface area contributed by atoms with Gasteiger partial charge in [0.1, 0.15) is 11.6 Å². The van der Waals surface area contributed by atoms with E-state index in [-0.39, 0.29) is 0 Å². The molecule has 0 saturated heterocycles. The minimum atomic E-state index is 0.514. The van der Waals surface area contributed by atoms with Crippen molar-refractivity contribution in [3.63, 3.8) is 0 Å². The first-order valence-electron chi connectivity index (χ1n) is 4.87. The smallest absolute Gasteiger partial charge is 0.221 e. The van der Waals surface area contributed by atoms with Crippen LogP contribution in [0.1, 0.15) is 0 Å². The van der Waals surface area contributed by atoms with Crippen molar-refractivity contribution in [2.75, 3.05) is 12.4 Å². The number of ether oxygens (including phenoxy) is 1. The third-order valence-electron chi connectivity index (χ3n) is 2.03. The zero-order valence-electron chi connectivity index (χ0n) is 8.77. The van der Waals surface area contributed by atoms with Crippen LogP contribution in [-0.4, -0.2) is 12.0 Å². The van der Waals surface area contributed by atoms with E-state index in [1.165, 1.54) is 0 Å². The van der Waals surface area contributed by atoms with Crippen LogP contribution < -0.4 is 10.1 Å². The predicted octanol–water partition coefficient (Wildman–Crippen LogP) is 3.57. The normalized spacial score (nSPS) is 9.88. The van der Waals surface area contributed by atoms with Crippen LogP contribution in [0.15, 0.2) is 42.5 Å². The number of pyridine rings is 1. The third-order valence-corrected chi connectivity index (χ3v) is 2.34. The summed E-state index contributed by atoms with van der Waals surface area (Å²) in [4.78, 5) is 4.24. The Hall–Kier alpha value is -1.74. The zero-order valence-corrected chi connectivity index (χ0v) is 9.53. The van der Waals surface area contributed by atoms with Gasteiger partial charge in [0, 0.05) is 13.1 Å². The van der Waals surface area contributed by atoms with Crippen LogP contribution in [0.2, 0.25) is 5.02 Å². The van der Waals surface area contributed by atoms with E-state index in [9.17, 15) is 0 Å². The summed E-state index contributed by atoms with van der Waals surface area (Å²) in [5, 5.41) is 3.51. The van der Waals surface area contributed by atoms with Gasteiger partial charge in [0.05, 0.1) is 5.02 Å². The second-order valence-corrected chi connectivity index (χ2v) is 3.55. The highest BCUT2D eigenvalue weighted by Crippen LogP contribution is 2.28. The first-order chi connectivity index (χ1) is 7.79. The molecule has 0 fully saturated rings. The number of nitrogens with one attached hydrogen (secondary N) is 1. The van der Waals surface area contributed by atoms with Crippen molar-refractivity contribution >= 4 is 17.4 Å². The molecule has 0 amide bonds. The number of anilines is 1. The number of para-hydroxylation sites is 1. The quantitative estimate of drug-likeness (QED) is 0.882. The Labute approximate surface area is 99.0 Å². The molecule has 3 nitrogen and oxygen atoms in total.